The smallest absolute Gasteiger partial charge is 0.307 e. The second-order valence-electron chi connectivity index (χ2n) is 6.55. The Bertz CT molecular complexity index is 479. The molecule has 0 bridgehead atoms. The minimum atomic E-state index is -0.111. The first-order valence-electron chi connectivity index (χ1n) is 8.89. The number of nitrogens with zero attached hydrogens (tertiary/aromatic N) is 1. The third kappa shape index (κ3) is 4.79. The molecule has 4 nitrogen and oxygen atoms in total. The lowest BCUT2D eigenvalue weighted by Crippen LogP contribution is -2.35. The molecule has 0 radical (unpaired) electrons. The van der Waals surface area contributed by atoms with Crippen molar-refractivity contribution in [2.45, 2.75) is 50.7 Å². The molecule has 0 saturated carbocycles. The van der Waals surface area contributed by atoms with Crippen molar-refractivity contribution in [1.82, 2.24) is 4.90 Å². The highest BCUT2D eigenvalue weighted by molar-refractivity contribution is 5.70. The lowest BCUT2D eigenvalue weighted by molar-refractivity contribution is -0.148. The fourth-order valence-corrected chi connectivity index (χ4v) is 3.54. The van der Waals surface area contributed by atoms with Crippen LogP contribution in [0.4, 0.5) is 0 Å². The van der Waals surface area contributed by atoms with Gasteiger partial charge >= 0.3 is 5.97 Å². The first-order chi connectivity index (χ1) is 11.3. The fraction of sp³-hybridized carbons (Fsp3) is 0.632. The zero-order valence-electron chi connectivity index (χ0n) is 13.8. The van der Waals surface area contributed by atoms with Gasteiger partial charge in [0, 0.05) is 12.6 Å². The maximum Gasteiger partial charge on any atom is 0.307 e. The van der Waals surface area contributed by atoms with Gasteiger partial charge in [-0.25, -0.2) is 0 Å². The van der Waals surface area contributed by atoms with Gasteiger partial charge in [0.25, 0.3) is 0 Å². The average Bonchev–Trinajstić information content (AvgIpc) is 3.13. The lowest BCUT2D eigenvalue weighted by Gasteiger charge is -2.34. The molecular formula is C19H27NO3. The molecule has 2 atom stereocenters. The van der Waals surface area contributed by atoms with E-state index in [4.69, 9.17) is 9.47 Å². The van der Waals surface area contributed by atoms with E-state index >= 15 is 0 Å². The van der Waals surface area contributed by atoms with Crippen molar-refractivity contribution >= 4 is 5.97 Å². The molecule has 1 aromatic carbocycles. The molecule has 1 aromatic rings. The van der Waals surface area contributed by atoms with E-state index in [-0.39, 0.29) is 18.1 Å². The molecule has 0 aromatic heterocycles. The largest absolute Gasteiger partial charge is 0.463 e. The van der Waals surface area contributed by atoms with Crippen LogP contribution in [0, 0.1) is 0 Å². The number of hydrogen-bond acceptors (Lipinski definition) is 4. The molecule has 4 heteroatoms. The SMILES string of the molecule is O=C(C[C@@H](c1ccccc1)N1CCCCC1)OC[C@H]1CCCO1. The Hall–Kier alpha value is -1.39. The Kier molecular flexibility index (Phi) is 6.06. The van der Waals surface area contributed by atoms with Gasteiger partial charge in [0.15, 0.2) is 0 Å². The van der Waals surface area contributed by atoms with Gasteiger partial charge in [0.1, 0.15) is 6.61 Å². The Labute approximate surface area is 138 Å². The molecule has 2 fully saturated rings. The van der Waals surface area contributed by atoms with Crippen LogP contribution in [0.15, 0.2) is 30.3 Å². The molecular weight excluding hydrogens is 290 g/mol. The van der Waals surface area contributed by atoms with Crippen LogP contribution >= 0.6 is 0 Å². The summed E-state index contributed by atoms with van der Waals surface area (Å²) in [6.07, 6.45) is 6.33. The highest BCUT2D eigenvalue weighted by atomic mass is 16.6. The van der Waals surface area contributed by atoms with Crippen LogP contribution in [0.5, 0.6) is 0 Å². The molecule has 3 rings (SSSR count). The maximum atomic E-state index is 12.3. The molecule has 0 amide bonds. The summed E-state index contributed by atoms with van der Waals surface area (Å²) in [4.78, 5) is 14.8. The lowest BCUT2D eigenvalue weighted by atomic mass is 9.99. The van der Waals surface area contributed by atoms with E-state index in [9.17, 15) is 4.79 Å². The Balaban J connectivity index is 1.59. The minimum Gasteiger partial charge on any atom is -0.463 e. The van der Waals surface area contributed by atoms with Crippen molar-refractivity contribution in [3.05, 3.63) is 35.9 Å². The van der Waals surface area contributed by atoms with E-state index in [2.05, 4.69) is 17.0 Å². The number of esters is 1. The summed E-state index contributed by atoms with van der Waals surface area (Å²) in [5.74, 6) is -0.111. The quantitative estimate of drug-likeness (QED) is 0.755. The summed E-state index contributed by atoms with van der Waals surface area (Å²) in [6, 6.07) is 10.5. The van der Waals surface area contributed by atoms with Crippen molar-refractivity contribution in [3.63, 3.8) is 0 Å². The predicted octanol–water partition coefficient (Wildman–Crippen LogP) is 3.33. The summed E-state index contributed by atoms with van der Waals surface area (Å²) in [5.41, 5.74) is 1.21. The first kappa shape index (κ1) is 16.5. The molecule has 0 spiro atoms. The van der Waals surface area contributed by atoms with E-state index in [0.717, 1.165) is 32.5 Å². The number of benzene rings is 1. The zero-order valence-corrected chi connectivity index (χ0v) is 13.8. The van der Waals surface area contributed by atoms with Crippen molar-refractivity contribution in [3.8, 4) is 0 Å². The van der Waals surface area contributed by atoms with E-state index in [1.54, 1.807) is 0 Å². The highest BCUT2D eigenvalue weighted by Gasteiger charge is 2.26. The highest BCUT2D eigenvalue weighted by Crippen LogP contribution is 2.28. The molecule has 2 aliphatic rings. The topological polar surface area (TPSA) is 38.8 Å². The van der Waals surface area contributed by atoms with Gasteiger partial charge in [-0.2, -0.15) is 0 Å². The van der Waals surface area contributed by atoms with Crippen LogP contribution in [0.25, 0.3) is 0 Å². The van der Waals surface area contributed by atoms with Gasteiger partial charge in [0.2, 0.25) is 0 Å². The monoisotopic (exact) mass is 317 g/mol. The first-order valence-corrected chi connectivity index (χ1v) is 8.89. The molecule has 0 N–H and O–H groups in total. The Morgan fingerprint density at radius 3 is 2.65 bits per heavy atom. The standard InChI is InChI=1S/C19H27NO3/c21-19(23-15-17-10-7-13-22-17)14-18(16-8-3-1-4-9-16)20-11-5-2-6-12-20/h1,3-4,8-9,17-18H,2,5-7,10-15H2/t17-,18+/m1/s1. The number of hydrogen-bond donors (Lipinski definition) is 0. The minimum absolute atomic E-state index is 0.101. The van der Waals surface area contributed by atoms with Crippen molar-refractivity contribution < 1.29 is 14.3 Å². The number of carbonyl (C=O) groups excluding carboxylic acids is 1. The number of likely N-dealkylation sites (tertiary alicyclic amines) is 1. The van der Waals surface area contributed by atoms with Crippen molar-refractivity contribution in [1.29, 1.82) is 0 Å². The molecule has 2 aliphatic heterocycles. The molecule has 2 heterocycles. The van der Waals surface area contributed by atoms with E-state index in [0.29, 0.717) is 13.0 Å². The molecule has 0 aliphatic carbocycles. The van der Waals surface area contributed by atoms with Gasteiger partial charge in [-0.3, -0.25) is 9.69 Å². The van der Waals surface area contributed by atoms with Gasteiger partial charge in [0.05, 0.1) is 12.5 Å². The third-order valence-electron chi connectivity index (χ3n) is 4.83. The van der Waals surface area contributed by atoms with Crippen LogP contribution in [-0.4, -0.2) is 43.3 Å². The number of ether oxygens (including phenoxy) is 2. The van der Waals surface area contributed by atoms with Gasteiger partial charge in [-0.15, -0.1) is 0 Å². The van der Waals surface area contributed by atoms with E-state index in [1.165, 1.54) is 24.8 Å². The third-order valence-corrected chi connectivity index (χ3v) is 4.83. The second-order valence-corrected chi connectivity index (χ2v) is 6.55. The van der Waals surface area contributed by atoms with Crippen LogP contribution in [0.1, 0.15) is 50.1 Å². The Morgan fingerprint density at radius 1 is 1.17 bits per heavy atom. The van der Waals surface area contributed by atoms with E-state index < -0.39 is 0 Å². The van der Waals surface area contributed by atoms with E-state index in [1.807, 2.05) is 18.2 Å². The van der Waals surface area contributed by atoms with Crippen LogP contribution < -0.4 is 0 Å². The summed E-state index contributed by atoms with van der Waals surface area (Å²) in [5, 5.41) is 0. The van der Waals surface area contributed by atoms with Crippen LogP contribution in [0.2, 0.25) is 0 Å². The van der Waals surface area contributed by atoms with Gasteiger partial charge in [-0.1, -0.05) is 36.8 Å². The van der Waals surface area contributed by atoms with Gasteiger partial charge in [-0.05, 0) is 44.3 Å². The average molecular weight is 317 g/mol. The fourth-order valence-electron chi connectivity index (χ4n) is 3.54. The van der Waals surface area contributed by atoms with Gasteiger partial charge < -0.3 is 9.47 Å². The normalized spacial score (nSPS) is 23.6. The molecule has 23 heavy (non-hydrogen) atoms. The zero-order chi connectivity index (χ0) is 15.9. The second kappa shape index (κ2) is 8.46. The van der Waals surface area contributed by atoms with Crippen LogP contribution in [-0.2, 0) is 14.3 Å². The van der Waals surface area contributed by atoms with Crippen molar-refractivity contribution in [2.75, 3.05) is 26.3 Å². The summed E-state index contributed by atoms with van der Waals surface area (Å²) >= 11 is 0. The number of piperidine rings is 1. The maximum absolute atomic E-state index is 12.3. The van der Waals surface area contributed by atoms with Crippen molar-refractivity contribution in [2.24, 2.45) is 0 Å². The summed E-state index contributed by atoms with van der Waals surface area (Å²) in [7, 11) is 0. The molecule has 0 unspecified atom stereocenters. The number of carbonyl (C=O) groups is 1. The molecule has 2 saturated heterocycles. The molecule has 126 valence electrons. The summed E-state index contributed by atoms with van der Waals surface area (Å²) < 4.78 is 11.0. The van der Waals surface area contributed by atoms with Crippen LogP contribution in [0.3, 0.4) is 0 Å². The summed E-state index contributed by atoms with van der Waals surface area (Å²) in [6.45, 7) is 3.33. The Morgan fingerprint density at radius 2 is 1.96 bits per heavy atom. The number of rotatable bonds is 6. The predicted molar refractivity (Wildman–Crippen MR) is 89.2 cm³/mol.